The lowest BCUT2D eigenvalue weighted by atomic mass is 10.2. The van der Waals surface area contributed by atoms with Crippen molar-refractivity contribution in [2.24, 2.45) is 0 Å². The van der Waals surface area contributed by atoms with E-state index in [4.69, 9.17) is 0 Å². The van der Waals surface area contributed by atoms with Gasteiger partial charge in [0, 0.05) is 36.2 Å². The van der Waals surface area contributed by atoms with Crippen molar-refractivity contribution in [1.82, 2.24) is 15.6 Å². The Labute approximate surface area is 157 Å². The van der Waals surface area contributed by atoms with Gasteiger partial charge in [-0.1, -0.05) is 6.07 Å². The maximum Gasteiger partial charge on any atom is 0.319 e. The van der Waals surface area contributed by atoms with Crippen molar-refractivity contribution in [3.05, 3.63) is 59.9 Å². The Bertz CT molecular complexity index is 914. The van der Waals surface area contributed by atoms with Gasteiger partial charge in [0.15, 0.2) is 9.84 Å². The first-order valence-electron chi connectivity index (χ1n) is 8.46. The van der Waals surface area contributed by atoms with Crippen LogP contribution in [0.2, 0.25) is 0 Å². The molecule has 9 heteroatoms. The SMILES string of the molecule is O=C(Nc1ccc(C(=O)NCc2cccnc2)cc1)NC1CCS(=O)(=O)C1. The normalized spacial score (nSPS) is 17.9. The van der Waals surface area contributed by atoms with E-state index in [9.17, 15) is 18.0 Å². The molecule has 1 aromatic carbocycles. The molecule has 2 aromatic rings. The highest BCUT2D eigenvalue weighted by atomic mass is 32.2. The van der Waals surface area contributed by atoms with Gasteiger partial charge in [-0.2, -0.15) is 0 Å². The van der Waals surface area contributed by atoms with Crippen molar-refractivity contribution >= 4 is 27.5 Å². The minimum absolute atomic E-state index is 0.0313. The zero-order valence-electron chi connectivity index (χ0n) is 14.5. The van der Waals surface area contributed by atoms with Crippen molar-refractivity contribution in [2.75, 3.05) is 16.8 Å². The summed E-state index contributed by atoms with van der Waals surface area (Å²) >= 11 is 0. The highest BCUT2D eigenvalue weighted by Gasteiger charge is 2.28. The van der Waals surface area contributed by atoms with Gasteiger partial charge < -0.3 is 16.0 Å². The van der Waals surface area contributed by atoms with Gasteiger partial charge in [0.25, 0.3) is 5.91 Å². The molecule has 3 rings (SSSR count). The zero-order valence-corrected chi connectivity index (χ0v) is 15.3. The van der Waals surface area contributed by atoms with Crippen LogP contribution >= 0.6 is 0 Å². The number of nitrogens with zero attached hydrogens (tertiary/aromatic N) is 1. The van der Waals surface area contributed by atoms with Crippen LogP contribution in [0.1, 0.15) is 22.3 Å². The summed E-state index contributed by atoms with van der Waals surface area (Å²) in [5, 5.41) is 8.08. The van der Waals surface area contributed by atoms with Crippen LogP contribution in [-0.4, -0.2) is 42.9 Å². The zero-order chi connectivity index (χ0) is 19.3. The second kappa shape index (κ2) is 8.17. The number of nitrogens with one attached hydrogen (secondary N) is 3. The van der Waals surface area contributed by atoms with E-state index in [1.54, 1.807) is 42.7 Å². The van der Waals surface area contributed by atoms with Crippen LogP contribution in [0.15, 0.2) is 48.8 Å². The molecule has 8 nitrogen and oxygen atoms in total. The molecule has 1 aliphatic rings. The number of urea groups is 1. The maximum atomic E-state index is 12.2. The average Bonchev–Trinajstić information content (AvgIpc) is 2.99. The first kappa shape index (κ1) is 18.8. The molecular formula is C18H20N4O4S. The molecule has 1 saturated heterocycles. The van der Waals surface area contributed by atoms with E-state index >= 15 is 0 Å². The van der Waals surface area contributed by atoms with Gasteiger partial charge in [0.2, 0.25) is 0 Å². The lowest BCUT2D eigenvalue weighted by molar-refractivity contribution is 0.0951. The molecular weight excluding hydrogens is 368 g/mol. The van der Waals surface area contributed by atoms with Crippen molar-refractivity contribution in [3.63, 3.8) is 0 Å². The number of hydrogen-bond acceptors (Lipinski definition) is 5. The first-order valence-corrected chi connectivity index (χ1v) is 10.3. The van der Waals surface area contributed by atoms with Gasteiger partial charge in [-0.25, -0.2) is 13.2 Å². The molecule has 27 heavy (non-hydrogen) atoms. The maximum absolute atomic E-state index is 12.2. The topological polar surface area (TPSA) is 117 Å². The quantitative estimate of drug-likeness (QED) is 0.714. The number of sulfone groups is 1. The standard InChI is InChI=1S/C18H20N4O4S/c23-17(20-11-13-2-1-8-19-10-13)14-3-5-15(6-4-14)21-18(24)22-16-7-9-27(25,26)12-16/h1-6,8,10,16H,7,9,11-12H2,(H,20,23)(H2,21,22,24). The van der Waals surface area contributed by atoms with Gasteiger partial charge >= 0.3 is 6.03 Å². The fourth-order valence-electron chi connectivity index (χ4n) is 2.75. The smallest absolute Gasteiger partial charge is 0.319 e. The van der Waals surface area contributed by atoms with Crippen LogP contribution < -0.4 is 16.0 Å². The Balaban J connectivity index is 1.49. The van der Waals surface area contributed by atoms with E-state index in [0.717, 1.165) is 5.56 Å². The molecule has 0 saturated carbocycles. The molecule has 0 bridgehead atoms. The summed E-state index contributed by atoms with van der Waals surface area (Å²) in [6.45, 7) is 0.374. The third-order valence-corrected chi connectivity index (χ3v) is 5.92. The third kappa shape index (κ3) is 5.52. The summed E-state index contributed by atoms with van der Waals surface area (Å²) in [5.41, 5.74) is 1.87. The Hall–Kier alpha value is -2.94. The summed E-state index contributed by atoms with van der Waals surface area (Å²) < 4.78 is 22.8. The Morgan fingerprint density at radius 3 is 2.56 bits per heavy atom. The van der Waals surface area contributed by atoms with E-state index in [1.807, 2.05) is 6.07 Å². The summed E-state index contributed by atoms with van der Waals surface area (Å²) in [7, 11) is -3.05. The predicted octanol–water partition coefficient (Wildman–Crippen LogP) is 1.32. The van der Waals surface area contributed by atoms with Crippen LogP contribution in [0.4, 0.5) is 10.5 Å². The summed E-state index contributed by atoms with van der Waals surface area (Å²) in [6, 6.07) is 9.28. The second-order valence-electron chi connectivity index (χ2n) is 6.32. The molecule has 1 unspecified atom stereocenters. The second-order valence-corrected chi connectivity index (χ2v) is 8.55. The molecule has 1 aromatic heterocycles. The van der Waals surface area contributed by atoms with Crippen LogP contribution in [0.25, 0.3) is 0 Å². The highest BCUT2D eigenvalue weighted by Crippen LogP contribution is 2.13. The van der Waals surface area contributed by atoms with Gasteiger partial charge in [-0.05, 0) is 42.3 Å². The summed E-state index contributed by atoms with van der Waals surface area (Å²) in [4.78, 5) is 28.1. The highest BCUT2D eigenvalue weighted by molar-refractivity contribution is 7.91. The summed E-state index contributed by atoms with van der Waals surface area (Å²) in [5.74, 6) is -0.164. The number of anilines is 1. The van der Waals surface area contributed by atoms with E-state index in [-0.39, 0.29) is 23.5 Å². The molecule has 0 aliphatic carbocycles. The fourth-order valence-corrected chi connectivity index (χ4v) is 4.43. The lowest BCUT2D eigenvalue weighted by Crippen LogP contribution is -2.38. The van der Waals surface area contributed by atoms with E-state index in [0.29, 0.717) is 24.2 Å². The van der Waals surface area contributed by atoms with Crippen LogP contribution in [0, 0.1) is 0 Å². The minimum Gasteiger partial charge on any atom is -0.348 e. The number of carbonyl (C=O) groups is 2. The fraction of sp³-hybridized carbons (Fsp3) is 0.278. The Morgan fingerprint density at radius 2 is 1.93 bits per heavy atom. The molecule has 1 fully saturated rings. The van der Waals surface area contributed by atoms with Gasteiger partial charge in [-0.15, -0.1) is 0 Å². The first-order chi connectivity index (χ1) is 12.9. The number of amides is 3. The molecule has 3 amide bonds. The van der Waals surface area contributed by atoms with Crippen molar-refractivity contribution in [3.8, 4) is 0 Å². The predicted molar refractivity (Wildman–Crippen MR) is 101 cm³/mol. The van der Waals surface area contributed by atoms with Gasteiger partial charge in [0.1, 0.15) is 0 Å². The molecule has 0 radical (unpaired) electrons. The monoisotopic (exact) mass is 388 g/mol. The molecule has 3 N–H and O–H groups in total. The van der Waals surface area contributed by atoms with Crippen molar-refractivity contribution in [2.45, 2.75) is 19.0 Å². The van der Waals surface area contributed by atoms with Crippen LogP contribution in [-0.2, 0) is 16.4 Å². The van der Waals surface area contributed by atoms with Crippen molar-refractivity contribution < 1.29 is 18.0 Å². The molecule has 2 heterocycles. The Kier molecular flexibility index (Phi) is 5.70. The third-order valence-electron chi connectivity index (χ3n) is 4.15. The Morgan fingerprint density at radius 1 is 1.15 bits per heavy atom. The number of rotatable bonds is 5. The number of aromatic nitrogens is 1. The van der Waals surface area contributed by atoms with Crippen LogP contribution in [0.5, 0.6) is 0 Å². The lowest BCUT2D eigenvalue weighted by Gasteiger charge is -2.12. The number of carbonyl (C=O) groups excluding carboxylic acids is 2. The average molecular weight is 388 g/mol. The summed E-state index contributed by atoms with van der Waals surface area (Å²) in [6.07, 6.45) is 3.77. The number of hydrogen-bond donors (Lipinski definition) is 3. The van der Waals surface area contributed by atoms with E-state index in [2.05, 4.69) is 20.9 Å². The molecule has 1 aliphatic heterocycles. The molecule has 142 valence electrons. The van der Waals surface area contributed by atoms with Gasteiger partial charge in [0.05, 0.1) is 11.5 Å². The number of benzene rings is 1. The molecule has 0 spiro atoms. The number of pyridine rings is 1. The van der Waals surface area contributed by atoms with E-state index in [1.165, 1.54) is 0 Å². The van der Waals surface area contributed by atoms with Crippen LogP contribution in [0.3, 0.4) is 0 Å². The largest absolute Gasteiger partial charge is 0.348 e. The van der Waals surface area contributed by atoms with Gasteiger partial charge in [-0.3, -0.25) is 9.78 Å². The van der Waals surface area contributed by atoms with E-state index < -0.39 is 15.9 Å². The molecule has 1 atom stereocenters. The minimum atomic E-state index is -3.05. The van der Waals surface area contributed by atoms with Crippen molar-refractivity contribution in [1.29, 1.82) is 0 Å².